The van der Waals surface area contributed by atoms with Gasteiger partial charge in [-0.1, -0.05) is 37.1 Å². The normalized spacial score (nSPS) is 36.0. The SMILES string of the molecule is CO[C@H]1/C=C/CCCCCNC/C(C)=C\[C@@H](C)[C@@H]1O. The summed E-state index contributed by atoms with van der Waals surface area (Å²) in [7, 11) is 1.66. The molecule has 0 fully saturated rings. The van der Waals surface area contributed by atoms with E-state index in [1.165, 1.54) is 24.8 Å². The summed E-state index contributed by atoms with van der Waals surface area (Å²) in [6.45, 7) is 6.14. The van der Waals surface area contributed by atoms with Gasteiger partial charge in [0.15, 0.2) is 0 Å². The Labute approximate surface area is 117 Å². The molecule has 1 heterocycles. The minimum Gasteiger partial charge on any atom is -0.389 e. The molecule has 0 saturated heterocycles. The van der Waals surface area contributed by atoms with E-state index in [0.29, 0.717) is 0 Å². The Morgan fingerprint density at radius 2 is 2.11 bits per heavy atom. The predicted octanol–water partition coefficient (Wildman–Crippen LogP) is 2.66. The summed E-state index contributed by atoms with van der Waals surface area (Å²) >= 11 is 0. The maximum atomic E-state index is 10.3. The average molecular weight is 267 g/mol. The summed E-state index contributed by atoms with van der Waals surface area (Å²) < 4.78 is 5.39. The summed E-state index contributed by atoms with van der Waals surface area (Å²) in [5, 5.41) is 13.8. The molecule has 0 unspecified atom stereocenters. The number of aliphatic hydroxyl groups excluding tert-OH is 1. The highest BCUT2D eigenvalue weighted by atomic mass is 16.5. The van der Waals surface area contributed by atoms with Crippen LogP contribution in [-0.2, 0) is 4.74 Å². The van der Waals surface area contributed by atoms with E-state index in [2.05, 4.69) is 24.4 Å². The van der Waals surface area contributed by atoms with Crippen molar-refractivity contribution in [1.29, 1.82) is 0 Å². The molecular formula is C16H29NO2. The summed E-state index contributed by atoms with van der Waals surface area (Å²) in [5.41, 5.74) is 1.28. The van der Waals surface area contributed by atoms with Crippen molar-refractivity contribution in [3.8, 4) is 0 Å². The Bertz CT molecular complexity index is 299. The molecule has 0 saturated carbocycles. The fourth-order valence-electron chi connectivity index (χ4n) is 2.44. The Kier molecular flexibility index (Phi) is 8.03. The van der Waals surface area contributed by atoms with Crippen LogP contribution in [0.25, 0.3) is 0 Å². The van der Waals surface area contributed by atoms with Crippen molar-refractivity contribution in [1.82, 2.24) is 5.32 Å². The van der Waals surface area contributed by atoms with Crippen molar-refractivity contribution in [2.45, 2.75) is 51.7 Å². The molecule has 0 amide bonds. The number of ether oxygens (including phenoxy) is 1. The van der Waals surface area contributed by atoms with E-state index >= 15 is 0 Å². The van der Waals surface area contributed by atoms with E-state index in [9.17, 15) is 5.11 Å². The average Bonchev–Trinajstić information content (AvgIpc) is 2.39. The molecule has 1 rings (SSSR count). The second-order valence-corrected chi connectivity index (χ2v) is 5.52. The molecular weight excluding hydrogens is 238 g/mol. The van der Waals surface area contributed by atoms with Gasteiger partial charge < -0.3 is 15.2 Å². The van der Waals surface area contributed by atoms with Gasteiger partial charge in [-0.05, 0) is 32.7 Å². The Morgan fingerprint density at radius 1 is 1.32 bits per heavy atom. The lowest BCUT2D eigenvalue weighted by Gasteiger charge is -2.23. The standard InChI is InChI=1S/C16H29NO2/c1-13-11-14(2)16(18)15(19-3)9-7-5-4-6-8-10-17-12-13/h7,9,11,14-18H,4-6,8,10,12H2,1-3H3/b9-7+,13-11-/t14-,15+,16+/m1/s1. The lowest BCUT2D eigenvalue weighted by molar-refractivity contribution is -0.00186. The van der Waals surface area contributed by atoms with Gasteiger partial charge in [0.1, 0.15) is 6.10 Å². The number of aliphatic hydroxyl groups is 1. The molecule has 3 heteroatoms. The minimum atomic E-state index is -0.487. The van der Waals surface area contributed by atoms with Crippen LogP contribution in [0.1, 0.15) is 39.5 Å². The summed E-state index contributed by atoms with van der Waals surface area (Å²) in [6, 6.07) is 0. The lowest BCUT2D eigenvalue weighted by Crippen LogP contribution is -2.32. The third-order valence-electron chi connectivity index (χ3n) is 3.65. The van der Waals surface area contributed by atoms with Crippen LogP contribution in [0.4, 0.5) is 0 Å². The third-order valence-corrected chi connectivity index (χ3v) is 3.65. The zero-order valence-corrected chi connectivity index (χ0v) is 12.6. The molecule has 1 aliphatic heterocycles. The largest absolute Gasteiger partial charge is 0.389 e. The van der Waals surface area contributed by atoms with Crippen molar-refractivity contribution >= 4 is 0 Å². The molecule has 0 radical (unpaired) electrons. The van der Waals surface area contributed by atoms with Crippen LogP contribution in [0.2, 0.25) is 0 Å². The van der Waals surface area contributed by atoms with Crippen LogP contribution in [0.15, 0.2) is 23.8 Å². The van der Waals surface area contributed by atoms with Gasteiger partial charge in [-0.25, -0.2) is 0 Å². The van der Waals surface area contributed by atoms with Crippen molar-refractivity contribution in [2.24, 2.45) is 5.92 Å². The first kappa shape index (κ1) is 16.4. The van der Waals surface area contributed by atoms with Gasteiger partial charge in [0.25, 0.3) is 0 Å². The Morgan fingerprint density at radius 3 is 2.84 bits per heavy atom. The summed E-state index contributed by atoms with van der Waals surface area (Å²) in [5.74, 6) is 0.0966. The first-order valence-electron chi connectivity index (χ1n) is 7.40. The van der Waals surface area contributed by atoms with Gasteiger partial charge in [0.2, 0.25) is 0 Å². The van der Waals surface area contributed by atoms with Crippen LogP contribution in [0.5, 0.6) is 0 Å². The molecule has 0 aromatic rings. The first-order valence-corrected chi connectivity index (χ1v) is 7.40. The molecule has 3 nitrogen and oxygen atoms in total. The first-order chi connectivity index (χ1) is 9.15. The molecule has 2 N–H and O–H groups in total. The molecule has 0 bridgehead atoms. The van der Waals surface area contributed by atoms with Gasteiger partial charge >= 0.3 is 0 Å². The monoisotopic (exact) mass is 267 g/mol. The maximum Gasteiger partial charge on any atom is 0.102 e. The third kappa shape index (κ3) is 6.37. The molecule has 0 aromatic carbocycles. The number of hydrogen-bond acceptors (Lipinski definition) is 3. The second-order valence-electron chi connectivity index (χ2n) is 5.52. The van der Waals surface area contributed by atoms with Crippen molar-refractivity contribution in [2.75, 3.05) is 20.2 Å². The van der Waals surface area contributed by atoms with Crippen LogP contribution < -0.4 is 5.32 Å². The number of rotatable bonds is 1. The van der Waals surface area contributed by atoms with Gasteiger partial charge in [0.05, 0.1) is 6.10 Å². The molecule has 0 aromatic heterocycles. The van der Waals surface area contributed by atoms with Crippen LogP contribution in [-0.4, -0.2) is 37.5 Å². The quantitative estimate of drug-likeness (QED) is 0.718. The van der Waals surface area contributed by atoms with Crippen LogP contribution in [0.3, 0.4) is 0 Å². The highest BCUT2D eigenvalue weighted by Crippen LogP contribution is 2.15. The second kappa shape index (κ2) is 9.29. The van der Waals surface area contributed by atoms with Crippen molar-refractivity contribution in [3.63, 3.8) is 0 Å². The molecule has 0 aliphatic carbocycles. The van der Waals surface area contributed by atoms with Crippen LogP contribution >= 0.6 is 0 Å². The zero-order chi connectivity index (χ0) is 14.1. The number of methoxy groups -OCH3 is 1. The number of nitrogens with one attached hydrogen (secondary N) is 1. The van der Waals surface area contributed by atoms with Gasteiger partial charge in [-0.2, -0.15) is 0 Å². The lowest BCUT2D eigenvalue weighted by atomic mass is 9.96. The Hall–Kier alpha value is -0.640. The van der Waals surface area contributed by atoms with Crippen LogP contribution in [0, 0.1) is 5.92 Å². The van der Waals surface area contributed by atoms with Gasteiger partial charge in [-0.3, -0.25) is 0 Å². The molecule has 110 valence electrons. The maximum absolute atomic E-state index is 10.3. The van der Waals surface area contributed by atoms with Crippen molar-refractivity contribution < 1.29 is 9.84 Å². The molecule has 3 atom stereocenters. The molecule has 0 spiro atoms. The fourth-order valence-corrected chi connectivity index (χ4v) is 2.44. The minimum absolute atomic E-state index is 0.0966. The summed E-state index contributed by atoms with van der Waals surface area (Å²) in [4.78, 5) is 0. The van der Waals surface area contributed by atoms with E-state index < -0.39 is 6.10 Å². The smallest absolute Gasteiger partial charge is 0.102 e. The van der Waals surface area contributed by atoms with E-state index in [1.807, 2.05) is 13.0 Å². The van der Waals surface area contributed by atoms with Gasteiger partial charge in [-0.15, -0.1) is 0 Å². The highest BCUT2D eigenvalue weighted by Gasteiger charge is 2.21. The predicted molar refractivity (Wildman–Crippen MR) is 80.2 cm³/mol. The topological polar surface area (TPSA) is 41.5 Å². The van der Waals surface area contributed by atoms with E-state index in [0.717, 1.165) is 19.5 Å². The number of hydrogen-bond donors (Lipinski definition) is 2. The van der Waals surface area contributed by atoms with E-state index in [-0.39, 0.29) is 12.0 Å². The van der Waals surface area contributed by atoms with E-state index in [4.69, 9.17) is 4.74 Å². The molecule has 1 aliphatic rings. The zero-order valence-electron chi connectivity index (χ0n) is 12.6. The van der Waals surface area contributed by atoms with Crippen molar-refractivity contribution in [3.05, 3.63) is 23.8 Å². The summed E-state index contributed by atoms with van der Waals surface area (Å²) in [6.07, 6.45) is 10.3. The highest BCUT2D eigenvalue weighted by molar-refractivity contribution is 5.06. The van der Waals surface area contributed by atoms with E-state index in [1.54, 1.807) is 7.11 Å². The molecule has 19 heavy (non-hydrogen) atoms. The Balaban J connectivity index is 2.71. The van der Waals surface area contributed by atoms with Gasteiger partial charge in [0, 0.05) is 19.6 Å². The number of allylic oxidation sites excluding steroid dienone is 1. The fraction of sp³-hybridized carbons (Fsp3) is 0.750.